The first kappa shape index (κ1) is 30.7. The zero-order valence-electron chi connectivity index (χ0n) is 23.8. The first-order valence-corrected chi connectivity index (χ1v) is 13.5. The van der Waals surface area contributed by atoms with Gasteiger partial charge in [0, 0.05) is 11.4 Å². The SMILES string of the molecule is O=C(O)c1cc2c(cc1C(=O)Nc1ccc(N=Nc3ccc(NC(=O)c4cc5c(cc4C(=O)O)C(=O)OC5=O)cc3)cc1)C(=O)OC2=O. The lowest BCUT2D eigenvalue weighted by Crippen LogP contribution is -2.17. The molecule has 4 aromatic carbocycles. The largest absolute Gasteiger partial charge is 0.478 e. The first-order valence-electron chi connectivity index (χ1n) is 13.5. The second-order valence-electron chi connectivity index (χ2n) is 10.1. The predicted octanol–water partition coefficient (Wildman–Crippen LogP) is 4.62. The van der Waals surface area contributed by atoms with Crippen molar-refractivity contribution in [3.05, 3.63) is 117 Å². The summed E-state index contributed by atoms with van der Waals surface area (Å²) in [5, 5.41) is 32.3. The van der Waals surface area contributed by atoms with E-state index in [1.165, 1.54) is 48.5 Å². The Balaban J connectivity index is 1.11. The second-order valence-corrected chi connectivity index (χ2v) is 10.1. The molecule has 0 spiro atoms. The minimum absolute atomic E-state index is 0.223. The average Bonchev–Trinajstić information content (AvgIpc) is 3.51. The summed E-state index contributed by atoms with van der Waals surface area (Å²) in [6.45, 7) is 0. The molecular weight excluding hydrogens is 632 g/mol. The van der Waals surface area contributed by atoms with Gasteiger partial charge in [0.2, 0.25) is 0 Å². The number of azo groups is 1. The molecule has 2 aliphatic rings. The maximum absolute atomic E-state index is 12.9. The number of hydrogen-bond donors (Lipinski definition) is 4. The molecule has 236 valence electrons. The second kappa shape index (κ2) is 11.9. The number of aromatic carboxylic acids is 2. The fraction of sp³-hybridized carbons (Fsp3) is 0. The van der Waals surface area contributed by atoms with E-state index in [0.717, 1.165) is 24.3 Å². The Kier molecular flexibility index (Phi) is 7.58. The molecule has 4 aromatic rings. The van der Waals surface area contributed by atoms with Crippen LogP contribution in [0, 0.1) is 0 Å². The topological polar surface area (TPSA) is 244 Å². The third-order valence-corrected chi connectivity index (χ3v) is 7.05. The van der Waals surface area contributed by atoms with Crippen LogP contribution in [0.1, 0.15) is 82.9 Å². The zero-order valence-corrected chi connectivity index (χ0v) is 23.8. The van der Waals surface area contributed by atoms with E-state index in [1.807, 2.05) is 0 Å². The quantitative estimate of drug-likeness (QED) is 0.116. The Morgan fingerprint density at radius 3 is 1.06 bits per heavy atom. The van der Waals surface area contributed by atoms with Gasteiger partial charge in [-0.05, 0) is 72.8 Å². The minimum atomic E-state index is -1.49. The molecular formula is C32H16N4O12. The lowest BCUT2D eigenvalue weighted by atomic mass is 9.98. The van der Waals surface area contributed by atoms with Gasteiger partial charge < -0.3 is 30.3 Å². The van der Waals surface area contributed by atoms with Crippen molar-refractivity contribution in [3.8, 4) is 0 Å². The van der Waals surface area contributed by atoms with Gasteiger partial charge in [-0.15, -0.1) is 0 Å². The van der Waals surface area contributed by atoms with Crippen LogP contribution in [0.15, 0.2) is 83.0 Å². The number of carboxylic acids is 2. The van der Waals surface area contributed by atoms with Crippen LogP contribution in [-0.2, 0) is 9.47 Å². The van der Waals surface area contributed by atoms with Crippen molar-refractivity contribution in [1.82, 2.24) is 0 Å². The van der Waals surface area contributed by atoms with Gasteiger partial charge in [-0.2, -0.15) is 10.2 Å². The summed E-state index contributed by atoms with van der Waals surface area (Å²) < 4.78 is 8.95. The molecule has 2 aliphatic heterocycles. The summed E-state index contributed by atoms with van der Waals surface area (Å²) >= 11 is 0. The summed E-state index contributed by atoms with van der Waals surface area (Å²) in [7, 11) is 0. The molecule has 0 saturated heterocycles. The van der Waals surface area contributed by atoms with Crippen molar-refractivity contribution in [2.24, 2.45) is 10.2 Å². The highest BCUT2D eigenvalue weighted by Gasteiger charge is 2.35. The average molecular weight is 648 g/mol. The van der Waals surface area contributed by atoms with E-state index >= 15 is 0 Å². The summed E-state index contributed by atoms with van der Waals surface area (Å²) in [6.07, 6.45) is 0. The molecule has 0 aliphatic carbocycles. The lowest BCUT2D eigenvalue weighted by Gasteiger charge is -2.09. The maximum atomic E-state index is 12.9. The third-order valence-electron chi connectivity index (χ3n) is 7.05. The third kappa shape index (κ3) is 5.74. The molecule has 0 fully saturated rings. The highest BCUT2D eigenvalue weighted by Crippen LogP contribution is 2.28. The first-order chi connectivity index (χ1) is 22.9. The molecule has 2 heterocycles. The van der Waals surface area contributed by atoms with Crippen LogP contribution < -0.4 is 10.6 Å². The summed E-state index contributed by atoms with van der Waals surface area (Å²) in [6, 6.07) is 15.7. The monoisotopic (exact) mass is 648 g/mol. The number of rotatable bonds is 8. The van der Waals surface area contributed by atoms with Crippen LogP contribution in [0.4, 0.5) is 22.7 Å². The molecule has 2 amide bonds. The number of benzene rings is 4. The number of anilines is 2. The zero-order chi connectivity index (χ0) is 34.3. The maximum Gasteiger partial charge on any atom is 0.346 e. The molecule has 0 radical (unpaired) electrons. The van der Waals surface area contributed by atoms with Crippen molar-refractivity contribution in [3.63, 3.8) is 0 Å². The number of cyclic esters (lactones) is 4. The van der Waals surface area contributed by atoms with Crippen LogP contribution in [0.5, 0.6) is 0 Å². The Morgan fingerprint density at radius 1 is 0.479 bits per heavy atom. The van der Waals surface area contributed by atoms with E-state index in [2.05, 4.69) is 30.3 Å². The predicted molar refractivity (Wildman–Crippen MR) is 159 cm³/mol. The van der Waals surface area contributed by atoms with E-state index in [9.17, 15) is 48.6 Å². The van der Waals surface area contributed by atoms with Crippen LogP contribution in [0.2, 0.25) is 0 Å². The molecule has 0 bridgehead atoms. The number of esters is 4. The van der Waals surface area contributed by atoms with Crippen molar-refractivity contribution in [2.45, 2.75) is 0 Å². The normalized spacial score (nSPS) is 13.1. The number of amides is 2. The van der Waals surface area contributed by atoms with E-state index < -0.39 is 58.8 Å². The fourth-order valence-corrected chi connectivity index (χ4v) is 4.73. The van der Waals surface area contributed by atoms with E-state index in [-0.39, 0.29) is 44.8 Å². The summed E-state index contributed by atoms with van der Waals surface area (Å²) in [5.41, 5.74) is -1.39. The van der Waals surface area contributed by atoms with Crippen LogP contribution in [0.3, 0.4) is 0 Å². The number of fused-ring (bicyclic) bond motifs is 2. The van der Waals surface area contributed by atoms with Gasteiger partial charge >= 0.3 is 35.8 Å². The van der Waals surface area contributed by atoms with Gasteiger partial charge in [0.05, 0.1) is 55.9 Å². The molecule has 0 saturated carbocycles. The van der Waals surface area contributed by atoms with E-state index in [4.69, 9.17) is 0 Å². The van der Waals surface area contributed by atoms with E-state index in [0.29, 0.717) is 11.4 Å². The lowest BCUT2D eigenvalue weighted by molar-refractivity contribution is 0.0425. The molecule has 0 unspecified atom stereocenters. The number of nitrogens with zero attached hydrogens (tertiary/aromatic N) is 2. The van der Waals surface area contributed by atoms with Crippen molar-refractivity contribution >= 4 is 70.4 Å². The van der Waals surface area contributed by atoms with Gasteiger partial charge in [0.15, 0.2) is 0 Å². The molecule has 48 heavy (non-hydrogen) atoms. The minimum Gasteiger partial charge on any atom is -0.478 e. The van der Waals surface area contributed by atoms with Crippen molar-refractivity contribution in [2.75, 3.05) is 10.6 Å². The number of ether oxygens (including phenoxy) is 2. The Hall–Kier alpha value is -7.36. The fourth-order valence-electron chi connectivity index (χ4n) is 4.73. The highest BCUT2D eigenvalue weighted by molar-refractivity contribution is 6.20. The molecule has 0 atom stereocenters. The van der Waals surface area contributed by atoms with Crippen molar-refractivity contribution in [1.29, 1.82) is 0 Å². The Morgan fingerprint density at radius 2 is 0.771 bits per heavy atom. The van der Waals surface area contributed by atoms with Crippen LogP contribution >= 0.6 is 0 Å². The van der Waals surface area contributed by atoms with Gasteiger partial charge in [-0.1, -0.05) is 0 Å². The smallest absolute Gasteiger partial charge is 0.346 e. The molecule has 16 heteroatoms. The summed E-state index contributed by atoms with van der Waals surface area (Å²) in [5.74, 6) is -8.67. The number of nitrogens with one attached hydrogen (secondary N) is 2. The van der Waals surface area contributed by atoms with Gasteiger partial charge in [0.25, 0.3) is 11.8 Å². The van der Waals surface area contributed by atoms with E-state index in [1.54, 1.807) is 0 Å². The van der Waals surface area contributed by atoms with Gasteiger partial charge in [-0.25, -0.2) is 28.8 Å². The number of carbonyl (C=O) groups excluding carboxylic acids is 6. The molecule has 4 N–H and O–H groups in total. The van der Waals surface area contributed by atoms with Crippen molar-refractivity contribution < 1.29 is 58.0 Å². The number of carboxylic acid groups (broad SMARTS) is 2. The number of hydrogen-bond acceptors (Lipinski definition) is 12. The number of carbonyl (C=O) groups is 8. The Bertz CT molecular complexity index is 2030. The Labute approximate surface area is 266 Å². The van der Waals surface area contributed by atoms with Gasteiger partial charge in [-0.3, -0.25) is 9.59 Å². The van der Waals surface area contributed by atoms with Gasteiger partial charge in [0.1, 0.15) is 0 Å². The molecule has 16 nitrogen and oxygen atoms in total. The van der Waals surface area contributed by atoms with Crippen LogP contribution in [0.25, 0.3) is 0 Å². The standard InChI is InChI=1S/C32H16N4O12/c37-25(17-9-21-23(11-19(17)27(39)40)31(45)47-29(21)43)33-13-1-5-15(6-2-13)35-36-16-7-3-14(4-8-16)34-26(38)18-10-22-24(12-20(18)28(41)42)32(46)48-30(22)44/h1-12H,(H,33,37)(H,34,38)(H,39,40)(H,41,42). The molecule has 0 aromatic heterocycles. The summed E-state index contributed by atoms with van der Waals surface area (Å²) in [4.78, 5) is 96.5. The molecule has 6 rings (SSSR count). The highest BCUT2D eigenvalue weighted by atomic mass is 16.6. The van der Waals surface area contributed by atoms with Crippen LogP contribution in [-0.4, -0.2) is 57.8 Å².